The van der Waals surface area contributed by atoms with Gasteiger partial charge < -0.3 is 14.7 Å². The van der Waals surface area contributed by atoms with Gasteiger partial charge in [-0.15, -0.1) is 11.6 Å². The normalized spacial score (nSPS) is 28.4. The van der Waals surface area contributed by atoms with Gasteiger partial charge in [-0.25, -0.2) is 0 Å². The van der Waals surface area contributed by atoms with Crippen LogP contribution in [0.3, 0.4) is 0 Å². The number of aliphatic hydroxyl groups excluding tert-OH is 1. The number of alkyl halides is 1. The van der Waals surface area contributed by atoms with Crippen molar-refractivity contribution >= 4 is 17.5 Å². The summed E-state index contributed by atoms with van der Waals surface area (Å²) in [6.07, 6.45) is 3.28. The van der Waals surface area contributed by atoms with Gasteiger partial charge in [-0.3, -0.25) is 4.79 Å². The van der Waals surface area contributed by atoms with E-state index in [0.29, 0.717) is 25.3 Å². The predicted octanol–water partition coefficient (Wildman–Crippen LogP) is 1.15. The summed E-state index contributed by atoms with van der Waals surface area (Å²) >= 11 is 5.57. The molecule has 0 aromatic heterocycles. The molecule has 1 atom stereocenters. The number of halogens is 1. The Morgan fingerprint density at radius 1 is 1.47 bits per heavy atom. The molecule has 0 unspecified atom stereocenters. The Morgan fingerprint density at radius 3 is 2.76 bits per heavy atom. The zero-order chi connectivity index (χ0) is 12.3. The maximum Gasteiger partial charge on any atom is 0.223 e. The van der Waals surface area contributed by atoms with Crippen LogP contribution in [0.2, 0.25) is 0 Å². The summed E-state index contributed by atoms with van der Waals surface area (Å²) in [5, 5.41) is 9.71. The minimum Gasteiger partial charge on any atom is -0.393 e. The zero-order valence-corrected chi connectivity index (χ0v) is 10.8. The minimum absolute atomic E-state index is 0.131. The number of amides is 1. The van der Waals surface area contributed by atoms with Crippen molar-refractivity contribution in [3.05, 3.63) is 0 Å². The Morgan fingerprint density at radius 2 is 2.18 bits per heavy atom. The van der Waals surface area contributed by atoms with Gasteiger partial charge in [-0.05, 0) is 19.3 Å². The van der Waals surface area contributed by atoms with E-state index in [4.69, 9.17) is 16.3 Å². The Bertz CT molecular complexity index is 277. The Labute approximate surface area is 107 Å². The van der Waals surface area contributed by atoms with E-state index in [1.165, 1.54) is 0 Å². The highest BCUT2D eigenvalue weighted by Gasteiger charge is 2.40. The summed E-state index contributed by atoms with van der Waals surface area (Å²) in [6, 6.07) is 0. The van der Waals surface area contributed by atoms with Crippen LogP contribution in [-0.2, 0) is 9.53 Å². The molecule has 1 amide bonds. The van der Waals surface area contributed by atoms with Crippen LogP contribution in [0.15, 0.2) is 0 Å². The molecule has 4 nitrogen and oxygen atoms in total. The number of nitrogens with zero attached hydrogens (tertiary/aromatic N) is 1. The van der Waals surface area contributed by atoms with Gasteiger partial charge >= 0.3 is 0 Å². The van der Waals surface area contributed by atoms with Crippen LogP contribution in [0, 0.1) is 0 Å². The van der Waals surface area contributed by atoms with Crippen molar-refractivity contribution in [1.29, 1.82) is 0 Å². The molecular weight excluding hydrogens is 242 g/mol. The van der Waals surface area contributed by atoms with Crippen LogP contribution >= 0.6 is 11.6 Å². The van der Waals surface area contributed by atoms with E-state index in [9.17, 15) is 9.90 Å². The van der Waals surface area contributed by atoms with Crippen molar-refractivity contribution < 1.29 is 14.6 Å². The molecule has 2 aliphatic heterocycles. The van der Waals surface area contributed by atoms with Gasteiger partial charge in [0.05, 0.1) is 11.7 Å². The van der Waals surface area contributed by atoms with E-state index in [-0.39, 0.29) is 17.6 Å². The van der Waals surface area contributed by atoms with Gasteiger partial charge in [0.2, 0.25) is 5.91 Å². The Kier molecular flexibility index (Phi) is 4.28. The first-order valence-electron chi connectivity index (χ1n) is 6.31. The Hall–Kier alpha value is -0.320. The van der Waals surface area contributed by atoms with Gasteiger partial charge in [-0.1, -0.05) is 0 Å². The second-order valence-corrected chi connectivity index (χ2v) is 5.38. The highest BCUT2D eigenvalue weighted by Crippen LogP contribution is 2.35. The molecule has 0 radical (unpaired) electrons. The fraction of sp³-hybridized carbons (Fsp3) is 0.917. The summed E-state index contributed by atoms with van der Waals surface area (Å²) in [4.78, 5) is 13.5. The van der Waals surface area contributed by atoms with Gasteiger partial charge in [0.15, 0.2) is 0 Å². The maximum absolute atomic E-state index is 11.7. The lowest BCUT2D eigenvalue weighted by Gasteiger charge is -2.45. The largest absolute Gasteiger partial charge is 0.393 e. The van der Waals surface area contributed by atoms with E-state index in [2.05, 4.69) is 0 Å². The molecule has 0 aliphatic carbocycles. The van der Waals surface area contributed by atoms with Crippen molar-refractivity contribution in [1.82, 2.24) is 4.90 Å². The highest BCUT2D eigenvalue weighted by molar-refractivity contribution is 6.18. The molecule has 0 aromatic rings. The molecule has 1 N–H and O–H groups in total. The van der Waals surface area contributed by atoms with Gasteiger partial charge in [-0.2, -0.15) is 0 Å². The average molecular weight is 262 g/mol. The number of piperidine rings is 1. The van der Waals surface area contributed by atoms with E-state index >= 15 is 0 Å². The lowest BCUT2D eigenvalue weighted by molar-refractivity contribution is -0.153. The van der Waals surface area contributed by atoms with Crippen LogP contribution in [0.5, 0.6) is 0 Å². The Balaban J connectivity index is 1.86. The monoisotopic (exact) mass is 261 g/mol. The van der Waals surface area contributed by atoms with E-state index in [1.807, 2.05) is 4.90 Å². The fourth-order valence-corrected chi connectivity index (χ4v) is 2.91. The van der Waals surface area contributed by atoms with Crippen molar-refractivity contribution in [3.63, 3.8) is 0 Å². The third-order valence-electron chi connectivity index (χ3n) is 3.80. The summed E-state index contributed by atoms with van der Waals surface area (Å²) in [6.45, 7) is 2.08. The van der Waals surface area contributed by atoms with Crippen molar-refractivity contribution in [2.24, 2.45) is 0 Å². The van der Waals surface area contributed by atoms with E-state index < -0.39 is 0 Å². The van der Waals surface area contributed by atoms with E-state index in [1.54, 1.807) is 0 Å². The molecule has 17 heavy (non-hydrogen) atoms. The van der Waals surface area contributed by atoms with Gasteiger partial charge in [0.1, 0.15) is 0 Å². The summed E-state index contributed by atoms with van der Waals surface area (Å²) in [7, 11) is 0. The standard InChI is InChI=1S/C12H20ClNO3/c13-5-1-11(16)14-6-3-12(4-7-14)9-10(15)2-8-17-12/h10,15H,1-9H2/t10-/m0/s1. The first kappa shape index (κ1) is 13.1. The molecule has 0 aromatic carbocycles. The number of carbonyl (C=O) groups is 1. The summed E-state index contributed by atoms with van der Waals surface area (Å²) in [5.41, 5.74) is -0.185. The second kappa shape index (κ2) is 5.55. The molecule has 2 fully saturated rings. The topological polar surface area (TPSA) is 49.8 Å². The molecule has 98 valence electrons. The quantitative estimate of drug-likeness (QED) is 0.759. The molecule has 0 saturated carbocycles. The zero-order valence-electron chi connectivity index (χ0n) is 10.0. The molecule has 2 aliphatic rings. The summed E-state index contributed by atoms with van der Waals surface area (Å²) in [5.74, 6) is 0.515. The second-order valence-electron chi connectivity index (χ2n) is 5.00. The highest BCUT2D eigenvalue weighted by atomic mass is 35.5. The van der Waals surface area contributed by atoms with Crippen LogP contribution in [0.25, 0.3) is 0 Å². The molecule has 2 heterocycles. The molecule has 0 bridgehead atoms. The van der Waals surface area contributed by atoms with E-state index in [0.717, 1.165) is 32.4 Å². The third-order valence-corrected chi connectivity index (χ3v) is 3.99. The molecule has 2 rings (SSSR count). The van der Waals surface area contributed by atoms with Gasteiger partial charge in [0.25, 0.3) is 0 Å². The van der Waals surface area contributed by atoms with Crippen LogP contribution in [0.4, 0.5) is 0 Å². The molecule has 5 heteroatoms. The number of rotatable bonds is 2. The third kappa shape index (κ3) is 3.12. The number of ether oxygens (including phenoxy) is 1. The lowest BCUT2D eigenvalue weighted by Crippen LogP contribution is -2.51. The lowest BCUT2D eigenvalue weighted by atomic mass is 9.83. The van der Waals surface area contributed by atoms with Crippen molar-refractivity contribution in [2.75, 3.05) is 25.6 Å². The maximum atomic E-state index is 11.7. The summed E-state index contributed by atoms with van der Waals surface area (Å²) < 4.78 is 5.84. The van der Waals surface area contributed by atoms with Crippen LogP contribution < -0.4 is 0 Å². The average Bonchev–Trinajstić information content (AvgIpc) is 2.30. The number of carbonyl (C=O) groups excluding carboxylic acids is 1. The number of aliphatic hydroxyl groups is 1. The first-order valence-corrected chi connectivity index (χ1v) is 6.84. The predicted molar refractivity (Wildman–Crippen MR) is 65.1 cm³/mol. The van der Waals surface area contributed by atoms with Crippen molar-refractivity contribution in [3.8, 4) is 0 Å². The number of hydrogen-bond donors (Lipinski definition) is 1. The molecular formula is C12H20ClNO3. The molecule has 1 spiro atoms. The number of likely N-dealkylation sites (tertiary alicyclic amines) is 1. The SMILES string of the molecule is O=C(CCCl)N1CCC2(CC1)C[C@@H](O)CCO2. The first-order chi connectivity index (χ1) is 8.15. The molecule has 2 saturated heterocycles. The smallest absolute Gasteiger partial charge is 0.223 e. The van der Waals surface area contributed by atoms with Crippen LogP contribution in [0.1, 0.15) is 32.1 Å². The fourth-order valence-electron chi connectivity index (χ4n) is 2.75. The minimum atomic E-state index is -0.242. The number of hydrogen-bond acceptors (Lipinski definition) is 3. The van der Waals surface area contributed by atoms with Crippen molar-refractivity contribution in [2.45, 2.75) is 43.8 Å². The van der Waals surface area contributed by atoms with Gasteiger partial charge in [0, 0.05) is 38.4 Å². The van der Waals surface area contributed by atoms with Crippen LogP contribution in [-0.4, -0.2) is 53.2 Å².